The van der Waals surface area contributed by atoms with Crippen molar-refractivity contribution < 1.29 is 39.5 Å². The van der Waals surface area contributed by atoms with Crippen molar-refractivity contribution in [1.82, 2.24) is 9.97 Å². The van der Waals surface area contributed by atoms with Crippen LogP contribution in [0.5, 0.6) is 0 Å². The molecule has 4 N–H and O–H groups in total. The normalized spacial score (nSPS) is 11.1. The summed E-state index contributed by atoms with van der Waals surface area (Å²) in [4.78, 5) is 16.8. The van der Waals surface area contributed by atoms with Gasteiger partial charge in [0.15, 0.2) is 0 Å². The Balaban J connectivity index is 0. The topological polar surface area (TPSA) is 92.0 Å². The zero-order valence-corrected chi connectivity index (χ0v) is 17.6. The number of aromatic amines is 1. The monoisotopic (exact) mass is 347 g/mol. The Kier molecular flexibility index (Phi) is 20.5. The van der Waals surface area contributed by atoms with Crippen LogP contribution in [0.1, 0.15) is 76.8 Å². The van der Waals surface area contributed by atoms with Gasteiger partial charge in [0.25, 0.3) is 0 Å². The molecule has 0 aromatic carbocycles. The molecule has 0 aliphatic rings. The van der Waals surface area contributed by atoms with Gasteiger partial charge in [-0.25, -0.2) is 4.98 Å². The average molecular weight is 347 g/mol. The molecule has 0 spiro atoms. The quantitative estimate of drug-likeness (QED) is 0.300. The minimum absolute atomic E-state index is 0. The van der Waals surface area contributed by atoms with E-state index < -0.39 is 12.0 Å². The van der Waals surface area contributed by atoms with Crippen LogP contribution in [0, 0.1) is 6.92 Å². The summed E-state index contributed by atoms with van der Waals surface area (Å²) in [6.07, 6.45) is 17.2. The molecule has 5 nitrogen and oxygen atoms in total. The van der Waals surface area contributed by atoms with Crippen molar-refractivity contribution >= 4 is 5.97 Å². The number of hydrogen-bond donors (Lipinski definition) is 3. The van der Waals surface area contributed by atoms with E-state index in [0.717, 1.165) is 12.1 Å². The summed E-state index contributed by atoms with van der Waals surface area (Å²) in [5.74, 6) is -1.00. The molecular formula is C18H34N3NaO2. The molecule has 0 bridgehead atoms. The van der Waals surface area contributed by atoms with Crippen LogP contribution in [-0.4, -0.2) is 27.1 Å². The van der Waals surface area contributed by atoms with Crippen molar-refractivity contribution in [2.45, 2.75) is 83.6 Å². The number of imidazole rings is 1. The Morgan fingerprint density at radius 3 is 2.17 bits per heavy atom. The van der Waals surface area contributed by atoms with Crippen LogP contribution in [-0.2, 0) is 11.2 Å². The molecule has 0 fully saturated rings. The maximum Gasteiger partial charge on any atom is 1.00 e. The van der Waals surface area contributed by atoms with E-state index in [-0.39, 0.29) is 36.0 Å². The molecule has 134 valence electrons. The van der Waals surface area contributed by atoms with Crippen LogP contribution in [0.3, 0.4) is 0 Å². The number of nitrogens with zero attached hydrogens (tertiary/aromatic N) is 1. The number of carboxylic acids is 1. The van der Waals surface area contributed by atoms with E-state index >= 15 is 0 Å². The predicted octanol–water partition coefficient (Wildman–Crippen LogP) is 1.11. The maximum atomic E-state index is 10.3. The summed E-state index contributed by atoms with van der Waals surface area (Å²) in [5.41, 5.74) is 6.00. The molecule has 24 heavy (non-hydrogen) atoms. The Bertz CT molecular complexity index is 362. The second kappa shape index (κ2) is 19.0. The van der Waals surface area contributed by atoms with E-state index in [9.17, 15) is 4.79 Å². The van der Waals surface area contributed by atoms with Crippen LogP contribution >= 0.6 is 0 Å². The summed E-state index contributed by atoms with van der Waals surface area (Å²) in [7, 11) is 0. The van der Waals surface area contributed by atoms with Crippen molar-refractivity contribution in [3.63, 3.8) is 0 Å². The zero-order valence-electron chi connectivity index (χ0n) is 15.6. The van der Waals surface area contributed by atoms with E-state index in [0.29, 0.717) is 0 Å². The minimum Gasteiger partial charge on any atom is -0.480 e. The van der Waals surface area contributed by atoms with E-state index in [1.54, 1.807) is 6.20 Å². The Hall–Kier alpha value is -0.360. The molecule has 0 aliphatic carbocycles. The van der Waals surface area contributed by atoms with Gasteiger partial charge in [0.1, 0.15) is 6.04 Å². The molecule has 1 aromatic heterocycles. The maximum absolute atomic E-state index is 10.3. The first-order chi connectivity index (χ1) is 11.1. The van der Waals surface area contributed by atoms with E-state index in [2.05, 4.69) is 23.8 Å². The first-order valence-corrected chi connectivity index (χ1v) is 8.86. The Labute approximate surface area is 169 Å². The van der Waals surface area contributed by atoms with Gasteiger partial charge in [-0.3, -0.25) is 4.79 Å². The third-order valence-electron chi connectivity index (χ3n) is 3.67. The predicted molar refractivity (Wildman–Crippen MR) is 95.1 cm³/mol. The van der Waals surface area contributed by atoms with Crippen LogP contribution in [0.15, 0.2) is 12.5 Å². The van der Waals surface area contributed by atoms with E-state index in [1.165, 1.54) is 64.1 Å². The molecule has 0 amide bonds. The van der Waals surface area contributed by atoms with E-state index in [4.69, 9.17) is 10.8 Å². The van der Waals surface area contributed by atoms with Gasteiger partial charge in [0.2, 0.25) is 0 Å². The smallest absolute Gasteiger partial charge is 0.480 e. The van der Waals surface area contributed by atoms with Crippen LogP contribution in [0.25, 0.3) is 0 Å². The molecule has 6 heteroatoms. The third kappa shape index (κ3) is 16.5. The number of unbranched alkanes of at least 4 members (excludes halogenated alkanes) is 9. The number of hydrogen-bond acceptors (Lipinski definition) is 3. The van der Waals surface area contributed by atoms with Gasteiger partial charge in [0, 0.05) is 18.3 Å². The average Bonchev–Trinajstić information content (AvgIpc) is 3.03. The summed E-state index contributed by atoms with van der Waals surface area (Å²) in [6, 6.07) is -0.851. The van der Waals surface area contributed by atoms with Gasteiger partial charge in [0.05, 0.1) is 6.33 Å². The van der Waals surface area contributed by atoms with Gasteiger partial charge in [-0.05, 0) is 0 Å². The first kappa shape index (κ1) is 25.9. The summed E-state index contributed by atoms with van der Waals surface area (Å²) < 4.78 is 0. The fourth-order valence-corrected chi connectivity index (χ4v) is 2.21. The molecule has 1 heterocycles. The molecule has 1 rings (SSSR count). The third-order valence-corrected chi connectivity index (χ3v) is 3.67. The van der Waals surface area contributed by atoms with Crippen LogP contribution in [0.2, 0.25) is 0 Å². The Morgan fingerprint density at radius 1 is 1.21 bits per heavy atom. The molecular weight excluding hydrogens is 313 g/mol. The molecule has 1 atom stereocenters. The van der Waals surface area contributed by atoms with Gasteiger partial charge in [-0.2, -0.15) is 6.42 Å². The fourth-order valence-electron chi connectivity index (χ4n) is 2.21. The van der Waals surface area contributed by atoms with Crippen LogP contribution < -0.4 is 35.3 Å². The standard InChI is InChI=1S/C12H25.C6H9N3O2.Na/c1-3-5-7-9-11-12-10-8-6-4-2;7-5(6(10)11)1-4-2-8-3-9-4;/h1,3-12H2,2H3;2-3,5H,1,7H2,(H,8,9)(H,10,11);/q-1;;+1. The van der Waals surface area contributed by atoms with Crippen molar-refractivity contribution in [3.8, 4) is 0 Å². The van der Waals surface area contributed by atoms with E-state index in [1.807, 2.05) is 0 Å². The second-order valence-corrected chi connectivity index (χ2v) is 5.91. The van der Waals surface area contributed by atoms with Gasteiger partial charge in [-0.15, -0.1) is 0 Å². The molecule has 1 unspecified atom stereocenters. The SMILES string of the molecule is NC(Cc1cnc[nH]1)C(=O)O.[CH2-]CCCCCCCCCCC.[Na+]. The summed E-state index contributed by atoms with van der Waals surface area (Å²) >= 11 is 0. The van der Waals surface area contributed by atoms with Gasteiger partial charge < -0.3 is 22.7 Å². The van der Waals surface area contributed by atoms with Gasteiger partial charge in [-0.1, -0.05) is 64.7 Å². The number of carboxylic acid groups (broad SMARTS) is 1. The minimum atomic E-state index is -1.00. The first-order valence-electron chi connectivity index (χ1n) is 8.86. The molecule has 0 radical (unpaired) electrons. The van der Waals surface area contributed by atoms with Gasteiger partial charge >= 0.3 is 35.5 Å². The largest absolute Gasteiger partial charge is 1.00 e. The zero-order chi connectivity index (χ0) is 17.3. The second-order valence-electron chi connectivity index (χ2n) is 5.91. The number of aromatic nitrogens is 2. The molecule has 0 aliphatic heterocycles. The van der Waals surface area contributed by atoms with Crippen molar-refractivity contribution in [1.29, 1.82) is 0 Å². The number of H-pyrrole nitrogens is 1. The van der Waals surface area contributed by atoms with Crippen molar-refractivity contribution in [3.05, 3.63) is 25.1 Å². The molecule has 1 aromatic rings. The number of nitrogens with one attached hydrogen (secondary N) is 1. The molecule has 0 saturated heterocycles. The number of nitrogens with two attached hydrogens (primary N) is 1. The van der Waals surface area contributed by atoms with Crippen LogP contribution in [0.4, 0.5) is 0 Å². The summed E-state index contributed by atoms with van der Waals surface area (Å²) in [6.45, 7) is 6.12. The summed E-state index contributed by atoms with van der Waals surface area (Å²) in [5, 5.41) is 8.42. The number of aliphatic carboxylic acids is 1. The number of carbonyl (C=O) groups is 1. The number of rotatable bonds is 12. The fraction of sp³-hybridized carbons (Fsp3) is 0.722. The van der Waals surface area contributed by atoms with Crippen molar-refractivity contribution in [2.75, 3.05) is 0 Å². The molecule has 0 saturated carbocycles. The van der Waals surface area contributed by atoms with Crippen molar-refractivity contribution in [2.24, 2.45) is 5.73 Å². The Morgan fingerprint density at radius 2 is 1.75 bits per heavy atom.